The van der Waals surface area contributed by atoms with Crippen molar-refractivity contribution >= 4 is 0 Å². The van der Waals surface area contributed by atoms with Crippen LogP contribution >= 0.6 is 0 Å². The molecule has 1 aromatic heterocycles. The Bertz CT molecular complexity index is 376. The first-order chi connectivity index (χ1) is 7.67. The zero-order valence-electron chi connectivity index (χ0n) is 9.85. The van der Waals surface area contributed by atoms with Crippen molar-refractivity contribution in [1.82, 2.24) is 9.78 Å². The molecule has 1 unspecified atom stereocenters. The summed E-state index contributed by atoms with van der Waals surface area (Å²) in [6.07, 6.45) is 0.708. The maximum Gasteiger partial charge on any atom is 0.266 e. The summed E-state index contributed by atoms with van der Waals surface area (Å²) in [5, 5.41) is 4.15. The van der Waals surface area contributed by atoms with Gasteiger partial charge in [0.25, 0.3) is 5.56 Å². The van der Waals surface area contributed by atoms with Gasteiger partial charge in [-0.15, -0.1) is 0 Å². The summed E-state index contributed by atoms with van der Waals surface area (Å²) in [4.78, 5) is 11.5. The SMILES string of the molecule is CCOC(CN)CCn1nc(C)ccc1=O. The van der Waals surface area contributed by atoms with Crippen molar-refractivity contribution in [3.63, 3.8) is 0 Å². The van der Waals surface area contributed by atoms with E-state index in [2.05, 4.69) is 5.10 Å². The Morgan fingerprint density at radius 1 is 1.56 bits per heavy atom. The van der Waals surface area contributed by atoms with E-state index in [-0.39, 0.29) is 11.7 Å². The average molecular weight is 225 g/mol. The summed E-state index contributed by atoms with van der Waals surface area (Å²) in [6, 6.07) is 3.24. The van der Waals surface area contributed by atoms with Crippen molar-refractivity contribution in [2.24, 2.45) is 5.73 Å². The van der Waals surface area contributed by atoms with Crippen LogP contribution in [-0.2, 0) is 11.3 Å². The predicted octanol–water partition coefficient (Wildman–Crippen LogP) is 0.306. The fourth-order valence-electron chi connectivity index (χ4n) is 1.48. The lowest BCUT2D eigenvalue weighted by Gasteiger charge is -2.14. The van der Waals surface area contributed by atoms with Crippen LogP contribution in [0.15, 0.2) is 16.9 Å². The van der Waals surface area contributed by atoms with Crippen molar-refractivity contribution in [3.8, 4) is 0 Å². The first-order valence-electron chi connectivity index (χ1n) is 5.53. The van der Waals surface area contributed by atoms with E-state index in [4.69, 9.17) is 10.5 Å². The van der Waals surface area contributed by atoms with Crippen molar-refractivity contribution < 1.29 is 4.74 Å². The number of aromatic nitrogens is 2. The molecule has 1 rings (SSSR count). The Hall–Kier alpha value is -1.20. The van der Waals surface area contributed by atoms with Gasteiger partial charge in [-0.1, -0.05) is 0 Å². The first kappa shape index (κ1) is 12.9. The molecular weight excluding hydrogens is 206 g/mol. The Morgan fingerprint density at radius 2 is 2.31 bits per heavy atom. The van der Waals surface area contributed by atoms with Crippen LogP contribution in [0.1, 0.15) is 19.0 Å². The van der Waals surface area contributed by atoms with Gasteiger partial charge in [-0.2, -0.15) is 5.10 Å². The summed E-state index contributed by atoms with van der Waals surface area (Å²) in [7, 11) is 0. The zero-order valence-corrected chi connectivity index (χ0v) is 9.85. The summed E-state index contributed by atoms with van der Waals surface area (Å²) >= 11 is 0. The number of hydrogen-bond acceptors (Lipinski definition) is 4. The molecule has 1 heterocycles. The molecule has 0 spiro atoms. The molecule has 1 aromatic rings. The average Bonchev–Trinajstić information content (AvgIpc) is 2.28. The fraction of sp³-hybridized carbons (Fsp3) is 0.636. The molecule has 0 bridgehead atoms. The van der Waals surface area contributed by atoms with Crippen molar-refractivity contribution in [3.05, 3.63) is 28.2 Å². The number of aryl methyl sites for hydroxylation is 2. The molecule has 0 fully saturated rings. The molecule has 1 atom stereocenters. The molecule has 5 heteroatoms. The van der Waals surface area contributed by atoms with E-state index >= 15 is 0 Å². The van der Waals surface area contributed by atoms with Crippen LogP contribution in [-0.4, -0.2) is 29.0 Å². The number of nitrogens with two attached hydrogens (primary N) is 1. The molecule has 0 aliphatic rings. The summed E-state index contributed by atoms with van der Waals surface area (Å²) in [5.41, 5.74) is 6.31. The third-order valence-electron chi connectivity index (χ3n) is 2.33. The standard InChI is InChI=1S/C11H19N3O2/c1-3-16-10(8-12)6-7-14-11(15)5-4-9(2)13-14/h4-5,10H,3,6-8,12H2,1-2H3. The predicted molar refractivity (Wildman–Crippen MR) is 62.3 cm³/mol. The highest BCUT2D eigenvalue weighted by molar-refractivity contribution is 4.96. The molecule has 0 saturated carbocycles. The van der Waals surface area contributed by atoms with E-state index in [0.717, 1.165) is 5.69 Å². The minimum Gasteiger partial charge on any atom is -0.377 e. The van der Waals surface area contributed by atoms with Crippen molar-refractivity contribution in [2.75, 3.05) is 13.2 Å². The smallest absolute Gasteiger partial charge is 0.266 e. The van der Waals surface area contributed by atoms with Gasteiger partial charge in [-0.05, 0) is 26.3 Å². The minimum absolute atomic E-state index is 0.000729. The van der Waals surface area contributed by atoms with Gasteiger partial charge in [-0.3, -0.25) is 4.79 Å². The van der Waals surface area contributed by atoms with E-state index in [1.54, 1.807) is 6.07 Å². The van der Waals surface area contributed by atoms with E-state index in [9.17, 15) is 4.79 Å². The lowest BCUT2D eigenvalue weighted by molar-refractivity contribution is 0.0588. The van der Waals surface area contributed by atoms with E-state index in [1.165, 1.54) is 10.7 Å². The monoisotopic (exact) mass is 225 g/mol. The molecule has 5 nitrogen and oxygen atoms in total. The van der Waals surface area contributed by atoms with Gasteiger partial charge in [0.2, 0.25) is 0 Å². The topological polar surface area (TPSA) is 70.1 Å². The molecule has 2 N–H and O–H groups in total. The van der Waals surface area contributed by atoms with Crippen LogP contribution in [0.2, 0.25) is 0 Å². The van der Waals surface area contributed by atoms with Gasteiger partial charge in [0.1, 0.15) is 0 Å². The highest BCUT2D eigenvalue weighted by Crippen LogP contribution is 1.98. The van der Waals surface area contributed by atoms with Gasteiger partial charge < -0.3 is 10.5 Å². The molecule has 0 aromatic carbocycles. The summed E-state index contributed by atoms with van der Waals surface area (Å²) < 4.78 is 6.87. The Labute approximate surface area is 95.2 Å². The largest absolute Gasteiger partial charge is 0.377 e. The van der Waals surface area contributed by atoms with Crippen LogP contribution in [0.25, 0.3) is 0 Å². The molecule has 0 amide bonds. The maximum absolute atomic E-state index is 11.5. The van der Waals surface area contributed by atoms with Crippen LogP contribution in [0.4, 0.5) is 0 Å². The van der Waals surface area contributed by atoms with Crippen molar-refractivity contribution in [2.45, 2.75) is 32.9 Å². The third kappa shape index (κ3) is 3.75. The second-order valence-electron chi connectivity index (χ2n) is 3.64. The second kappa shape index (κ2) is 6.40. The molecular formula is C11H19N3O2. The zero-order chi connectivity index (χ0) is 12.0. The normalized spacial score (nSPS) is 12.7. The number of rotatable bonds is 6. The highest BCUT2D eigenvalue weighted by Gasteiger charge is 2.07. The van der Waals surface area contributed by atoms with E-state index in [0.29, 0.717) is 26.1 Å². The lowest BCUT2D eigenvalue weighted by Crippen LogP contribution is -2.29. The summed E-state index contributed by atoms with van der Waals surface area (Å²) in [5.74, 6) is 0. The molecule has 0 saturated heterocycles. The van der Waals surface area contributed by atoms with Crippen LogP contribution in [0.3, 0.4) is 0 Å². The van der Waals surface area contributed by atoms with Gasteiger partial charge >= 0.3 is 0 Å². The highest BCUT2D eigenvalue weighted by atomic mass is 16.5. The number of hydrogen-bond donors (Lipinski definition) is 1. The maximum atomic E-state index is 11.5. The molecule has 90 valence electrons. The number of nitrogens with zero attached hydrogens (tertiary/aromatic N) is 2. The van der Waals surface area contributed by atoms with Crippen LogP contribution in [0, 0.1) is 6.92 Å². The van der Waals surface area contributed by atoms with Gasteiger partial charge in [0.15, 0.2) is 0 Å². The van der Waals surface area contributed by atoms with Gasteiger partial charge in [0.05, 0.1) is 11.8 Å². The molecule has 0 aliphatic carbocycles. The molecule has 0 aliphatic heterocycles. The number of ether oxygens (including phenoxy) is 1. The van der Waals surface area contributed by atoms with Gasteiger partial charge in [-0.25, -0.2) is 4.68 Å². The van der Waals surface area contributed by atoms with Crippen LogP contribution in [0.5, 0.6) is 0 Å². The Morgan fingerprint density at radius 3 is 2.94 bits per heavy atom. The van der Waals surface area contributed by atoms with Gasteiger partial charge in [0, 0.05) is 25.8 Å². The van der Waals surface area contributed by atoms with Crippen molar-refractivity contribution in [1.29, 1.82) is 0 Å². The molecule has 0 radical (unpaired) electrons. The Balaban J connectivity index is 2.59. The lowest BCUT2D eigenvalue weighted by atomic mass is 10.2. The summed E-state index contributed by atoms with van der Waals surface area (Å²) in [6.45, 7) is 5.44. The second-order valence-corrected chi connectivity index (χ2v) is 3.64. The quantitative estimate of drug-likeness (QED) is 0.756. The third-order valence-corrected chi connectivity index (χ3v) is 2.33. The minimum atomic E-state index is -0.0853. The Kier molecular flexibility index (Phi) is 5.14. The van der Waals surface area contributed by atoms with Crippen LogP contribution < -0.4 is 11.3 Å². The van der Waals surface area contributed by atoms with E-state index in [1.807, 2.05) is 13.8 Å². The first-order valence-corrected chi connectivity index (χ1v) is 5.53. The molecule has 16 heavy (non-hydrogen) atoms. The fourth-order valence-corrected chi connectivity index (χ4v) is 1.48. The van der Waals surface area contributed by atoms with E-state index < -0.39 is 0 Å².